The van der Waals surface area contributed by atoms with Gasteiger partial charge in [0.25, 0.3) is 27.9 Å². The summed E-state index contributed by atoms with van der Waals surface area (Å²) in [6.07, 6.45) is -16.1. The Labute approximate surface area is 345 Å². The van der Waals surface area contributed by atoms with Crippen LogP contribution in [0.1, 0.15) is 13.8 Å². The topological polar surface area (TPSA) is 170 Å². The van der Waals surface area contributed by atoms with Crippen molar-refractivity contribution in [2.24, 2.45) is 0 Å². The summed E-state index contributed by atoms with van der Waals surface area (Å²) in [7, 11) is -22.5. The SMILES string of the molecule is CCN(CCOP(=O)([O-])OCCN(CC)S(=O)(=O)C(F)(F)C(F)(F)C(F)(F)C(F)(F)C(F)(F)C(F)(F)C(F)(F)F)S(=O)(=O)C(F)(F)C(F)(F)C(F)(F)C(F)(F)C(F)(F)C(F)(F)C(F)(F)F.[NH4+]. The fourth-order valence-corrected chi connectivity index (χ4v) is 7.54. The summed E-state index contributed by atoms with van der Waals surface area (Å²) >= 11 is 0. The minimum atomic E-state index is -8.96. The fraction of sp³-hybridized carbons (Fsp3) is 1.00. The monoisotopic (exact) mass is 1120 g/mol. The van der Waals surface area contributed by atoms with Gasteiger partial charge in [-0.2, -0.15) is 140 Å². The molecule has 0 aliphatic carbocycles. The first-order valence-electron chi connectivity index (χ1n) is 15.1. The first-order chi connectivity index (χ1) is 27.8. The van der Waals surface area contributed by atoms with Crippen molar-refractivity contribution < 1.29 is 167 Å². The molecule has 0 saturated carbocycles. The number of halogens is 30. The standard InChI is InChI=1S/C22H19F30N2O8PS2.H3N/c1-3-53(64(57,58)21(49,50)17(39,40)13(31,32)9(23,24)11(27,28)15(35,36)19(43,44)45)5-7-61-63(55,56)62-8-6-54(4-2)65(59,60)22(51,52)18(41,42)14(33,34)10(25,26)12(29,30)16(37,38)20(46,47)48;/h3-8H2,1-2H3,(H,55,56);1H3. The van der Waals surface area contributed by atoms with Gasteiger partial charge in [0.2, 0.25) is 0 Å². The van der Waals surface area contributed by atoms with Crippen molar-refractivity contribution in [1.29, 1.82) is 0 Å². The van der Waals surface area contributed by atoms with E-state index in [1.807, 2.05) is 0 Å². The summed E-state index contributed by atoms with van der Waals surface area (Å²) in [5.74, 6) is -87.7. The second kappa shape index (κ2) is 18.5. The zero-order chi connectivity index (χ0) is 53.3. The van der Waals surface area contributed by atoms with E-state index in [2.05, 4.69) is 9.05 Å². The lowest BCUT2D eigenvalue weighted by Gasteiger charge is -2.41. The fourth-order valence-electron chi connectivity index (χ4n) is 4.00. The molecule has 0 unspecified atom stereocenters. The zero-order valence-corrected chi connectivity index (χ0v) is 33.5. The molecule has 0 amide bonds. The molecule has 400 valence electrons. The van der Waals surface area contributed by atoms with E-state index in [1.54, 1.807) is 0 Å². The summed E-state index contributed by atoms with van der Waals surface area (Å²) in [6, 6.07) is 0. The Kier molecular flexibility index (Phi) is 18.5. The number of hydrogen-bond donors (Lipinski definition) is 1. The molecule has 0 spiro atoms. The summed E-state index contributed by atoms with van der Waals surface area (Å²) in [6.45, 7) is -12.8. The molecule has 0 aromatic rings. The number of hydrogen-bond acceptors (Lipinski definition) is 8. The Bertz CT molecular complexity index is 1830. The zero-order valence-electron chi connectivity index (χ0n) is 31.0. The van der Waals surface area contributed by atoms with Gasteiger partial charge in [0, 0.05) is 26.2 Å². The van der Waals surface area contributed by atoms with Gasteiger partial charge >= 0.3 is 82.1 Å². The molecular formula is C22H22F30N3O8PS2. The van der Waals surface area contributed by atoms with Crippen LogP contribution in [0.2, 0.25) is 0 Å². The molecule has 44 heteroatoms. The second-order valence-electron chi connectivity index (χ2n) is 11.9. The maximum absolute atomic E-state index is 14.5. The highest BCUT2D eigenvalue weighted by Gasteiger charge is 2.96. The van der Waals surface area contributed by atoms with Gasteiger partial charge in [-0.05, 0) is 0 Å². The molecule has 0 radical (unpaired) electrons. The molecule has 0 aliphatic rings. The van der Waals surface area contributed by atoms with E-state index in [4.69, 9.17) is 0 Å². The van der Waals surface area contributed by atoms with Crippen molar-refractivity contribution in [2.75, 3.05) is 39.4 Å². The quantitative estimate of drug-likeness (QED) is 0.0739. The lowest BCUT2D eigenvalue weighted by atomic mass is 9.94. The third kappa shape index (κ3) is 9.65. The highest BCUT2D eigenvalue weighted by molar-refractivity contribution is 7.90. The minimum absolute atomic E-state index is 0. The van der Waals surface area contributed by atoms with Crippen LogP contribution >= 0.6 is 7.82 Å². The van der Waals surface area contributed by atoms with Gasteiger partial charge < -0.3 is 20.1 Å². The molecule has 4 N–H and O–H groups in total. The third-order valence-electron chi connectivity index (χ3n) is 7.81. The maximum Gasteiger partial charge on any atom is 0.460 e. The molecule has 0 saturated heterocycles. The average molecular weight is 1120 g/mol. The molecule has 0 aliphatic heterocycles. The number of alkyl halides is 30. The van der Waals surface area contributed by atoms with Crippen molar-refractivity contribution in [3.05, 3.63) is 0 Å². The van der Waals surface area contributed by atoms with Gasteiger partial charge in [-0.15, -0.1) is 0 Å². The molecule has 0 bridgehead atoms. The number of quaternary nitrogens is 1. The highest BCUT2D eigenvalue weighted by Crippen LogP contribution is 2.65. The summed E-state index contributed by atoms with van der Waals surface area (Å²) in [5.41, 5.74) is 0. The Morgan fingerprint density at radius 3 is 0.758 bits per heavy atom. The molecular weight excluding hydrogens is 1100 g/mol. The van der Waals surface area contributed by atoms with Crippen molar-refractivity contribution in [2.45, 2.75) is 95.9 Å². The smallest absolute Gasteiger partial charge is 0.460 e. The van der Waals surface area contributed by atoms with E-state index in [1.165, 1.54) is 0 Å². The molecule has 0 aromatic heterocycles. The van der Waals surface area contributed by atoms with E-state index < -0.39 is 158 Å². The number of likely N-dealkylation sites (N-methyl/N-ethyl adjacent to an activating group) is 2. The van der Waals surface area contributed by atoms with Crippen LogP contribution in [0.3, 0.4) is 0 Å². The Hall–Kier alpha value is -2.21. The lowest BCUT2D eigenvalue weighted by molar-refractivity contribution is -0.447. The average Bonchev–Trinajstić information content (AvgIpc) is 3.09. The number of phosphoric acid groups is 1. The first kappa shape index (κ1) is 65.9. The van der Waals surface area contributed by atoms with Crippen LogP contribution in [-0.4, -0.2) is 147 Å². The lowest BCUT2D eigenvalue weighted by Crippen LogP contribution is -2.73. The predicted molar refractivity (Wildman–Crippen MR) is 149 cm³/mol. The summed E-state index contributed by atoms with van der Waals surface area (Å²) < 4.78 is 469. The van der Waals surface area contributed by atoms with Crippen LogP contribution in [0, 0.1) is 0 Å². The molecule has 0 rings (SSSR count). The van der Waals surface area contributed by atoms with Gasteiger partial charge in [-0.1, -0.05) is 13.8 Å². The molecule has 11 nitrogen and oxygen atoms in total. The van der Waals surface area contributed by atoms with Crippen molar-refractivity contribution in [3.63, 3.8) is 0 Å². The van der Waals surface area contributed by atoms with Crippen molar-refractivity contribution in [1.82, 2.24) is 14.8 Å². The van der Waals surface area contributed by atoms with Crippen molar-refractivity contribution in [3.8, 4) is 0 Å². The van der Waals surface area contributed by atoms with Crippen LogP contribution in [0.15, 0.2) is 0 Å². The minimum Gasteiger partial charge on any atom is -0.756 e. The predicted octanol–water partition coefficient (Wildman–Crippen LogP) is 8.83. The number of rotatable bonds is 24. The molecule has 0 fully saturated rings. The van der Waals surface area contributed by atoms with Crippen molar-refractivity contribution >= 4 is 27.9 Å². The van der Waals surface area contributed by atoms with Crippen LogP contribution < -0.4 is 11.0 Å². The van der Waals surface area contributed by atoms with Gasteiger partial charge in [-0.25, -0.2) is 16.8 Å². The maximum atomic E-state index is 14.5. The largest absolute Gasteiger partial charge is 0.756 e. The Balaban J connectivity index is 0. The number of phosphoric ester groups is 1. The van der Waals surface area contributed by atoms with Gasteiger partial charge in [0.05, 0.1) is 13.2 Å². The van der Waals surface area contributed by atoms with E-state index in [-0.39, 0.29) is 20.0 Å². The second-order valence-corrected chi connectivity index (χ2v) is 17.2. The van der Waals surface area contributed by atoms with Gasteiger partial charge in [0.15, 0.2) is 0 Å². The van der Waals surface area contributed by atoms with Crippen LogP contribution in [-0.2, 0) is 33.7 Å². The Morgan fingerprint density at radius 1 is 0.394 bits per heavy atom. The normalized spacial score (nSPS) is 16.3. The summed E-state index contributed by atoms with van der Waals surface area (Å²) in [5, 5.41) is -16.1. The van der Waals surface area contributed by atoms with E-state index in [0.717, 1.165) is 0 Å². The summed E-state index contributed by atoms with van der Waals surface area (Å²) in [4.78, 5) is 11.9. The van der Waals surface area contributed by atoms with Gasteiger partial charge in [0.1, 0.15) is 0 Å². The van der Waals surface area contributed by atoms with Crippen LogP contribution in [0.5, 0.6) is 0 Å². The number of sulfonamides is 2. The molecule has 66 heavy (non-hydrogen) atoms. The number of nitrogens with zero attached hydrogens (tertiary/aromatic N) is 2. The van der Waals surface area contributed by atoms with Gasteiger partial charge in [-0.3, -0.25) is 4.57 Å². The third-order valence-corrected chi connectivity index (χ3v) is 12.9. The molecule has 0 atom stereocenters. The first-order valence-corrected chi connectivity index (χ1v) is 19.4. The highest BCUT2D eigenvalue weighted by atomic mass is 32.2. The molecule has 0 heterocycles. The van der Waals surface area contributed by atoms with E-state index in [9.17, 15) is 158 Å². The van der Waals surface area contributed by atoms with E-state index >= 15 is 0 Å². The van der Waals surface area contributed by atoms with Crippen LogP contribution in [0.25, 0.3) is 0 Å². The Morgan fingerprint density at radius 2 is 0.576 bits per heavy atom. The van der Waals surface area contributed by atoms with Crippen LogP contribution in [0.4, 0.5) is 132 Å². The van der Waals surface area contributed by atoms with E-state index in [0.29, 0.717) is 0 Å². The molecule has 0 aromatic carbocycles.